The number of nitrogens with one attached hydrogen (secondary N) is 1. The fraction of sp³-hybridized carbons (Fsp3) is 0.241. The number of piperazine rings is 1. The molecule has 4 aromatic rings. The maximum Gasteiger partial charge on any atom is 0.277 e. The van der Waals surface area contributed by atoms with E-state index in [1.807, 2.05) is 47.4 Å². The maximum absolute atomic E-state index is 12.8. The molecule has 0 spiro atoms. The van der Waals surface area contributed by atoms with E-state index in [1.165, 1.54) is 11.8 Å². The Morgan fingerprint density at radius 3 is 2.33 bits per heavy atom. The highest BCUT2D eigenvalue weighted by atomic mass is 32.2. The van der Waals surface area contributed by atoms with Crippen molar-refractivity contribution >= 4 is 35.0 Å². The minimum absolute atomic E-state index is 0.0234. The molecule has 2 amide bonds. The van der Waals surface area contributed by atoms with Gasteiger partial charge in [-0.25, -0.2) is 0 Å². The number of thioether (sulfide) groups is 1. The molecule has 10 nitrogen and oxygen atoms in total. The van der Waals surface area contributed by atoms with E-state index in [9.17, 15) is 9.59 Å². The lowest BCUT2D eigenvalue weighted by atomic mass is 10.1. The zero-order valence-corrected chi connectivity index (χ0v) is 23.0. The highest BCUT2D eigenvalue weighted by Crippen LogP contribution is 2.26. The first-order chi connectivity index (χ1) is 19.5. The van der Waals surface area contributed by atoms with Crippen LogP contribution in [0.1, 0.15) is 10.4 Å². The first-order valence-electron chi connectivity index (χ1n) is 12.7. The molecular weight excluding hydrogens is 530 g/mol. The summed E-state index contributed by atoms with van der Waals surface area (Å²) in [5.41, 5.74) is 3.14. The topological polar surface area (TPSA) is 110 Å². The molecule has 5 rings (SSSR count). The number of amides is 2. The van der Waals surface area contributed by atoms with Crippen molar-refractivity contribution in [2.24, 2.45) is 0 Å². The van der Waals surface area contributed by atoms with Crippen molar-refractivity contribution in [2.75, 3.05) is 56.4 Å². The van der Waals surface area contributed by atoms with Crippen molar-refractivity contribution in [1.29, 1.82) is 0 Å². The molecule has 40 heavy (non-hydrogen) atoms. The molecular formula is C29H29N5O5S. The number of aromatic nitrogens is 2. The van der Waals surface area contributed by atoms with Crippen LogP contribution < -0.4 is 19.7 Å². The van der Waals surface area contributed by atoms with Crippen molar-refractivity contribution in [3.8, 4) is 23.0 Å². The Kier molecular flexibility index (Phi) is 8.50. The van der Waals surface area contributed by atoms with Gasteiger partial charge < -0.3 is 29.0 Å². The van der Waals surface area contributed by atoms with Gasteiger partial charge in [-0.15, -0.1) is 10.2 Å². The van der Waals surface area contributed by atoms with Gasteiger partial charge in [0.15, 0.2) is 0 Å². The Morgan fingerprint density at radius 2 is 1.62 bits per heavy atom. The van der Waals surface area contributed by atoms with Crippen molar-refractivity contribution in [3.05, 3.63) is 78.4 Å². The molecule has 0 aliphatic carbocycles. The molecule has 206 valence electrons. The van der Waals surface area contributed by atoms with E-state index in [0.29, 0.717) is 41.2 Å². The predicted molar refractivity (Wildman–Crippen MR) is 153 cm³/mol. The van der Waals surface area contributed by atoms with Gasteiger partial charge in [0.25, 0.3) is 11.1 Å². The largest absolute Gasteiger partial charge is 0.497 e. The Labute approximate surface area is 236 Å². The average molecular weight is 560 g/mol. The van der Waals surface area contributed by atoms with Crippen molar-refractivity contribution in [3.63, 3.8) is 0 Å². The third-order valence-corrected chi connectivity index (χ3v) is 7.29. The van der Waals surface area contributed by atoms with E-state index in [0.717, 1.165) is 30.1 Å². The molecule has 2 heterocycles. The van der Waals surface area contributed by atoms with Crippen molar-refractivity contribution in [2.45, 2.75) is 5.22 Å². The van der Waals surface area contributed by atoms with E-state index in [2.05, 4.69) is 20.4 Å². The summed E-state index contributed by atoms with van der Waals surface area (Å²) in [6.45, 7) is 2.73. The third kappa shape index (κ3) is 6.55. The Balaban J connectivity index is 1.08. The predicted octanol–water partition coefficient (Wildman–Crippen LogP) is 4.45. The molecule has 1 saturated heterocycles. The zero-order valence-electron chi connectivity index (χ0n) is 22.2. The number of rotatable bonds is 9. The number of hydrogen-bond acceptors (Lipinski definition) is 9. The van der Waals surface area contributed by atoms with Gasteiger partial charge in [0.2, 0.25) is 11.8 Å². The fourth-order valence-electron chi connectivity index (χ4n) is 4.30. The molecule has 1 aliphatic heterocycles. The third-order valence-electron chi connectivity index (χ3n) is 6.47. The molecule has 1 N–H and O–H groups in total. The minimum Gasteiger partial charge on any atom is -0.497 e. The lowest BCUT2D eigenvalue weighted by molar-refractivity contribution is -0.113. The van der Waals surface area contributed by atoms with E-state index in [4.69, 9.17) is 13.9 Å². The number of nitrogens with zero attached hydrogens (tertiary/aromatic N) is 4. The van der Waals surface area contributed by atoms with Gasteiger partial charge in [-0.1, -0.05) is 17.8 Å². The molecule has 3 aromatic carbocycles. The Morgan fingerprint density at radius 1 is 0.900 bits per heavy atom. The van der Waals surface area contributed by atoms with E-state index in [-0.39, 0.29) is 17.6 Å². The van der Waals surface area contributed by atoms with Crippen LogP contribution in [0.3, 0.4) is 0 Å². The highest BCUT2D eigenvalue weighted by molar-refractivity contribution is 7.99. The second kappa shape index (κ2) is 12.6. The Hall–Kier alpha value is -4.51. The van der Waals surface area contributed by atoms with Crippen LogP contribution in [0.2, 0.25) is 0 Å². The molecule has 11 heteroatoms. The summed E-state index contributed by atoms with van der Waals surface area (Å²) in [5, 5.41) is 11.3. The molecule has 0 saturated carbocycles. The molecule has 1 aromatic heterocycles. The van der Waals surface area contributed by atoms with Crippen LogP contribution in [0.15, 0.2) is 82.4 Å². The van der Waals surface area contributed by atoms with E-state index >= 15 is 0 Å². The minimum atomic E-state index is -0.176. The van der Waals surface area contributed by atoms with E-state index in [1.54, 1.807) is 44.6 Å². The van der Waals surface area contributed by atoms with Crippen LogP contribution in [0.4, 0.5) is 11.4 Å². The normalized spacial score (nSPS) is 13.2. The van der Waals surface area contributed by atoms with Crippen LogP contribution >= 0.6 is 11.8 Å². The van der Waals surface area contributed by atoms with Crippen LogP contribution in [0, 0.1) is 0 Å². The summed E-state index contributed by atoms with van der Waals surface area (Å²) in [6.07, 6.45) is 0. The van der Waals surface area contributed by atoms with Gasteiger partial charge in [0, 0.05) is 48.7 Å². The van der Waals surface area contributed by atoms with Gasteiger partial charge in [-0.05, 0) is 66.7 Å². The number of carbonyl (C=O) groups is 2. The lowest BCUT2D eigenvalue weighted by Gasteiger charge is -2.36. The molecule has 1 aliphatic rings. The summed E-state index contributed by atoms with van der Waals surface area (Å²) < 4.78 is 16.1. The number of hydrogen-bond donors (Lipinski definition) is 1. The number of methoxy groups -OCH3 is 2. The second-order valence-electron chi connectivity index (χ2n) is 9.00. The number of carbonyl (C=O) groups excluding carboxylic acids is 2. The van der Waals surface area contributed by atoms with Gasteiger partial charge in [0.05, 0.1) is 20.0 Å². The SMILES string of the molecule is COc1ccc(C(=O)N2CCN(c3ccc(NC(=O)CSc4nnc(-c5cccc(OC)c5)o4)cc3)CC2)cc1. The van der Waals surface area contributed by atoms with Gasteiger partial charge in [-0.3, -0.25) is 9.59 Å². The molecule has 0 atom stereocenters. The quantitative estimate of drug-likeness (QED) is 0.298. The van der Waals surface area contributed by atoms with Crippen LogP contribution in [0.5, 0.6) is 11.5 Å². The summed E-state index contributed by atoms with van der Waals surface area (Å²) in [7, 11) is 3.20. The Bertz CT molecular complexity index is 1450. The number of anilines is 2. The van der Waals surface area contributed by atoms with Crippen LogP contribution in [0.25, 0.3) is 11.5 Å². The summed E-state index contributed by atoms with van der Waals surface area (Å²) in [6, 6.07) is 22.2. The summed E-state index contributed by atoms with van der Waals surface area (Å²) in [5.74, 6) is 1.76. The molecule has 0 radical (unpaired) electrons. The number of benzene rings is 3. The monoisotopic (exact) mass is 559 g/mol. The van der Waals surface area contributed by atoms with Crippen molar-refractivity contribution in [1.82, 2.24) is 15.1 Å². The van der Waals surface area contributed by atoms with Crippen LogP contribution in [-0.2, 0) is 4.79 Å². The first-order valence-corrected chi connectivity index (χ1v) is 13.7. The molecule has 0 unspecified atom stereocenters. The maximum atomic E-state index is 12.8. The zero-order chi connectivity index (χ0) is 27.9. The summed E-state index contributed by atoms with van der Waals surface area (Å²) >= 11 is 1.17. The number of ether oxygens (including phenoxy) is 2. The molecule has 1 fully saturated rings. The molecule has 0 bridgehead atoms. The standard InChI is InChI=1S/C29H29N5O5S/c1-37-24-12-6-20(7-13-24)28(36)34-16-14-33(15-17-34)23-10-8-22(9-11-23)30-26(35)19-40-29-32-31-27(39-29)21-4-3-5-25(18-21)38-2/h3-13,18H,14-17,19H2,1-2H3,(H,30,35). The lowest BCUT2D eigenvalue weighted by Crippen LogP contribution is -2.48. The smallest absolute Gasteiger partial charge is 0.277 e. The average Bonchev–Trinajstić information content (AvgIpc) is 3.49. The fourth-order valence-corrected chi connectivity index (χ4v) is 4.87. The van der Waals surface area contributed by atoms with Crippen LogP contribution in [-0.4, -0.2) is 73.1 Å². The van der Waals surface area contributed by atoms with E-state index < -0.39 is 0 Å². The van der Waals surface area contributed by atoms with Gasteiger partial charge >= 0.3 is 0 Å². The second-order valence-corrected chi connectivity index (χ2v) is 9.92. The summed E-state index contributed by atoms with van der Waals surface area (Å²) in [4.78, 5) is 29.4. The first kappa shape index (κ1) is 27.1. The highest BCUT2D eigenvalue weighted by Gasteiger charge is 2.22. The van der Waals surface area contributed by atoms with Crippen molar-refractivity contribution < 1.29 is 23.5 Å². The van der Waals surface area contributed by atoms with Gasteiger partial charge in [-0.2, -0.15) is 0 Å². The van der Waals surface area contributed by atoms with Gasteiger partial charge in [0.1, 0.15) is 11.5 Å².